The van der Waals surface area contributed by atoms with Crippen molar-refractivity contribution in [1.29, 1.82) is 0 Å². The van der Waals surface area contributed by atoms with Crippen LogP contribution >= 0.6 is 0 Å². The summed E-state index contributed by atoms with van der Waals surface area (Å²) < 4.78 is 1.77. The van der Waals surface area contributed by atoms with Gasteiger partial charge in [0.2, 0.25) is 0 Å². The number of likely N-dealkylation sites (N-methyl/N-ethyl adjacent to an activating group) is 1. The summed E-state index contributed by atoms with van der Waals surface area (Å²) in [5.74, 6) is 0. The van der Waals surface area contributed by atoms with E-state index in [1.807, 2.05) is 43.5 Å². The van der Waals surface area contributed by atoms with Crippen LogP contribution in [0, 0.1) is 0 Å². The molecule has 2 rings (SSSR count). The fraction of sp³-hybridized carbons (Fsp3) is 0.333. The van der Waals surface area contributed by atoms with Crippen LogP contribution in [0.4, 0.5) is 4.79 Å². The van der Waals surface area contributed by atoms with Crippen molar-refractivity contribution in [3.63, 3.8) is 0 Å². The van der Waals surface area contributed by atoms with Crippen molar-refractivity contribution in [2.75, 3.05) is 19.7 Å². The van der Waals surface area contributed by atoms with E-state index in [9.17, 15) is 4.79 Å². The molecule has 0 saturated carbocycles. The molecule has 0 fully saturated rings. The highest BCUT2D eigenvalue weighted by Gasteiger charge is 2.10. The standard InChI is InChI=1S/C15H20N4O2/c1-2-18(9-10-20)15(21)16-12-13-5-3-6-14(11-13)19-8-4-7-17-19/h3-8,11,20H,2,9-10,12H2,1H3,(H,16,21). The van der Waals surface area contributed by atoms with Gasteiger partial charge in [-0.3, -0.25) is 0 Å². The normalized spacial score (nSPS) is 10.4. The van der Waals surface area contributed by atoms with Gasteiger partial charge in [-0.15, -0.1) is 0 Å². The molecule has 2 aromatic rings. The number of nitrogens with zero attached hydrogens (tertiary/aromatic N) is 3. The molecular formula is C15H20N4O2. The Morgan fingerprint density at radius 3 is 2.95 bits per heavy atom. The molecule has 2 amide bonds. The van der Waals surface area contributed by atoms with Gasteiger partial charge in [-0.2, -0.15) is 5.10 Å². The lowest BCUT2D eigenvalue weighted by Crippen LogP contribution is -2.41. The van der Waals surface area contributed by atoms with E-state index < -0.39 is 0 Å². The van der Waals surface area contributed by atoms with Crippen molar-refractivity contribution in [3.8, 4) is 5.69 Å². The van der Waals surface area contributed by atoms with Gasteiger partial charge in [-0.25, -0.2) is 9.48 Å². The predicted molar refractivity (Wildman–Crippen MR) is 80.1 cm³/mol. The molecule has 6 nitrogen and oxygen atoms in total. The van der Waals surface area contributed by atoms with Crippen LogP contribution in [0.15, 0.2) is 42.7 Å². The number of benzene rings is 1. The van der Waals surface area contributed by atoms with Crippen molar-refractivity contribution in [2.24, 2.45) is 0 Å². The van der Waals surface area contributed by atoms with E-state index in [1.165, 1.54) is 0 Å². The Bertz CT molecular complexity index is 569. The van der Waals surface area contributed by atoms with Crippen molar-refractivity contribution in [2.45, 2.75) is 13.5 Å². The Hall–Kier alpha value is -2.34. The number of urea groups is 1. The van der Waals surface area contributed by atoms with Gasteiger partial charge in [0, 0.05) is 32.0 Å². The molecule has 21 heavy (non-hydrogen) atoms. The van der Waals surface area contributed by atoms with Crippen molar-refractivity contribution >= 4 is 6.03 Å². The molecule has 0 radical (unpaired) electrons. The SMILES string of the molecule is CCN(CCO)C(=O)NCc1cccc(-n2cccn2)c1. The highest BCUT2D eigenvalue weighted by atomic mass is 16.3. The zero-order valence-corrected chi connectivity index (χ0v) is 12.1. The highest BCUT2D eigenvalue weighted by molar-refractivity contribution is 5.74. The number of hydrogen-bond donors (Lipinski definition) is 2. The number of aliphatic hydroxyl groups excluding tert-OH is 1. The van der Waals surface area contributed by atoms with Crippen molar-refractivity contribution < 1.29 is 9.90 Å². The number of rotatable bonds is 6. The molecule has 1 aromatic heterocycles. The summed E-state index contributed by atoms with van der Waals surface area (Å²) >= 11 is 0. The summed E-state index contributed by atoms with van der Waals surface area (Å²) in [6.07, 6.45) is 3.60. The zero-order chi connectivity index (χ0) is 15.1. The molecule has 112 valence electrons. The first-order valence-corrected chi connectivity index (χ1v) is 6.97. The number of carbonyl (C=O) groups is 1. The van der Waals surface area contributed by atoms with Crippen LogP contribution in [0.1, 0.15) is 12.5 Å². The van der Waals surface area contributed by atoms with E-state index in [-0.39, 0.29) is 12.6 Å². The monoisotopic (exact) mass is 288 g/mol. The van der Waals surface area contributed by atoms with E-state index in [0.717, 1.165) is 11.3 Å². The smallest absolute Gasteiger partial charge is 0.317 e. The summed E-state index contributed by atoms with van der Waals surface area (Å²) in [7, 11) is 0. The Morgan fingerprint density at radius 1 is 1.43 bits per heavy atom. The van der Waals surface area contributed by atoms with Crippen LogP contribution in [-0.2, 0) is 6.54 Å². The van der Waals surface area contributed by atoms with E-state index in [0.29, 0.717) is 19.6 Å². The third kappa shape index (κ3) is 4.06. The molecule has 1 heterocycles. The summed E-state index contributed by atoms with van der Waals surface area (Å²) in [5.41, 5.74) is 1.95. The lowest BCUT2D eigenvalue weighted by molar-refractivity contribution is 0.180. The zero-order valence-electron chi connectivity index (χ0n) is 12.1. The first-order chi connectivity index (χ1) is 10.2. The topological polar surface area (TPSA) is 70.4 Å². The molecule has 0 aliphatic heterocycles. The largest absolute Gasteiger partial charge is 0.395 e. The van der Waals surface area contributed by atoms with Gasteiger partial charge in [-0.05, 0) is 30.7 Å². The predicted octanol–water partition coefficient (Wildman–Crippen LogP) is 1.40. The second kappa shape index (κ2) is 7.44. The minimum Gasteiger partial charge on any atom is -0.395 e. The van der Waals surface area contributed by atoms with Gasteiger partial charge in [0.05, 0.1) is 12.3 Å². The minimum absolute atomic E-state index is 0.0317. The number of aromatic nitrogens is 2. The highest BCUT2D eigenvalue weighted by Crippen LogP contribution is 2.09. The maximum absolute atomic E-state index is 11.9. The van der Waals surface area contributed by atoms with Gasteiger partial charge in [-0.1, -0.05) is 12.1 Å². The fourth-order valence-corrected chi connectivity index (χ4v) is 2.04. The second-order valence-electron chi connectivity index (χ2n) is 4.58. The lowest BCUT2D eigenvalue weighted by Gasteiger charge is -2.20. The molecule has 6 heteroatoms. The molecule has 0 aliphatic carbocycles. The first kappa shape index (κ1) is 15.1. The summed E-state index contributed by atoms with van der Waals surface area (Å²) in [6.45, 7) is 3.20. The third-order valence-corrected chi connectivity index (χ3v) is 3.16. The van der Waals surface area contributed by atoms with Crippen LogP contribution in [-0.4, -0.2) is 45.5 Å². The third-order valence-electron chi connectivity index (χ3n) is 3.16. The van der Waals surface area contributed by atoms with Crippen LogP contribution in [0.25, 0.3) is 5.69 Å². The van der Waals surface area contributed by atoms with Crippen LogP contribution < -0.4 is 5.32 Å². The molecule has 0 bridgehead atoms. The van der Waals surface area contributed by atoms with E-state index >= 15 is 0 Å². The lowest BCUT2D eigenvalue weighted by atomic mass is 10.2. The molecular weight excluding hydrogens is 268 g/mol. The van der Waals surface area contributed by atoms with Gasteiger partial charge in [0.25, 0.3) is 0 Å². The van der Waals surface area contributed by atoms with Crippen LogP contribution in [0.3, 0.4) is 0 Å². The second-order valence-corrected chi connectivity index (χ2v) is 4.58. The van der Waals surface area contributed by atoms with Gasteiger partial charge < -0.3 is 15.3 Å². The van der Waals surface area contributed by atoms with Gasteiger partial charge >= 0.3 is 6.03 Å². The van der Waals surface area contributed by atoms with E-state index in [4.69, 9.17) is 5.11 Å². The Morgan fingerprint density at radius 2 is 2.29 bits per heavy atom. The molecule has 1 aromatic carbocycles. The van der Waals surface area contributed by atoms with Gasteiger partial charge in [0.1, 0.15) is 0 Å². The average molecular weight is 288 g/mol. The Balaban J connectivity index is 1.97. The van der Waals surface area contributed by atoms with Crippen LogP contribution in [0.5, 0.6) is 0 Å². The fourth-order valence-electron chi connectivity index (χ4n) is 2.04. The summed E-state index contributed by atoms with van der Waals surface area (Å²) in [6, 6.07) is 9.52. The van der Waals surface area contributed by atoms with Crippen molar-refractivity contribution in [3.05, 3.63) is 48.3 Å². The van der Waals surface area contributed by atoms with E-state index in [1.54, 1.807) is 15.8 Å². The maximum Gasteiger partial charge on any atom is 0.317 e. The van der Waals surface area contributed by atoms with Gasteiger partial charge in [0.15, 0.2) is 0 Å². The molecule has 0 spiro atoms. The molecule has 2 N–H and O–H groups in total. The minimum atomic E-state index is -0.170. The van der Waals surface area contributed by atoms with Crippen LogP contribution in [0.2, 0.25) is 0 Å². The maximum atomic E-state index is 11.9. The van der Waals surface area contributed by atoms with Crippen molar-refractivity contribution in [1.82, 2.24) is 20.0 Å². The number of aliphatic hydroxyl groups is 1. The number of nitrogens with one attached hydrogen (secondary N) is 1. The Kier molecular flexibility index (Phi) is 5.34. The molecule has 0 unspecified atom stereocenters. The number of amides is 2. The molecule has 0 atom stereocenters. The first-order valence-electron chi connectivity index (χ1n) is 6.97. The summed E-state index contributed by atoms with van der Waals surface area (Å²) in [5, 5.41) is 15.9. The molecule has 0 aliphatic rings. The summed E-state index contributed by atoms with van der Waals surface area (Å²) in [4.78, 5) is 13.5. The average Bonchev–Trinajstić information content (AvgIpc) is 3.05. The van der Waals surface area contributed by atoms with E-state index in [2.05, 4.69) is 10.4 Å². The Labute approximate surface area is 124 Å². The number of hydrogen-bond acceptors (Lipinski definition) is 3. The molecule has 0 saturated heterocycles. The number of carbonyl (C=O) groups excluding carboxylic acids is 1. The quantitative estimate of drug-likeness (QED) is 0.844.